The Bertz CT molecular complexity index is 453. The monoisotopic (exact) mass is 517 g/mol. The Morgan fingerprint density at radius 2 is 1.32 bits per heavy atom. The number of amides is 1. The third kappa shape index (κ3) is 19.3. The first-order valence-corrected chi connectivity index (χ1v) is 16.9. The van der Waals surface area contributed by atoms with Crippen LogP contribution in [0, 0.1) is 0 Å². The fourth-order valence-corrected chi connectivity index (χ4v) is 6.72. The first kappa shape index (κ1) is 32.1. The van der Waals surface area contributed by atoms with E-state index in [0.717, 1.165) is 25.0 Å². The molecule has 2 atom stereocenters. The van der Waals surface area contributed by atoms with Gasteiger partial charge >= 0.3 is 0 Å². The maximum absolute atomic E-state index is 11.9. The SMILES string of the molecule is CCCCCCCCCCCCCCCCSSCCC(=O)NCCCOC1CCCC1OC. The first-order chi connectivity index (χ1) is 16.8. The van der Waals surface area contributed by atoms with Crippen molar-refractivity contribution in [2.24, 2.45) is 0 Å². The van der Waals surface area contributed by atoms with Crippen LogP contribution in [0.25, 0.3) is 0 Å². The molecule has 2 unspecified atom stereocenters. The van der Waals surface area contributed by atoms with Crippen LogP contribution < -0.4 is 5.32 Å². The topological polar surface area (TPSA) is 47.6 Å². The maximum atomic E-state index is 11.9. The van der Waals surface area contributed by atoms with Crippen LogP contribution >= 0.6 is 21.6 Å². The highest BCUT2D eigenvalue weighted by Gasteiger charge is 2.27. The molecule has 0 aromatic heterocycles. The quantitative estimate of drug-likeness (QED) is 0.0974. The van der Waals surface area contributed by atoms with Crippen LogP contribution in [-0.2, 0) is 14.3 Å². The smallest absolute Gasteiger partial charge is 0.220 e. The Kier molecular flexibility index (Phi) is 23.4. The Labute approximate surface area is 219 Å². The van der Waals surface area contributed by atoms with Crippen LogP contribution in [0.2, 0.25) is 0 Å². The van der Waals surface area contributed by atoms with E-state index in [1.165, 1.54) is 102 Å². The van der Waals surface area contributed by atoms with Crippen LogP contribution in [0.1, 0.15) is 129 Å². The highest BCUT2D eigenvalue weighted by atomic mass is 33.1. The summed E-state index contributed by atoms with van der Waals surface area (Å²) in [6, 6.07) is 0. The summed E-state index contributed by atoms with van der Waals surface area (Å²) in [6.45, 7) is 3.70. The molecule has 1 N–H and O–H groups in total. The van der Waals surface area contributed by atoms with Crippen LogP contribution in [0.3, 0.4) is 0 Å². The molecule has 0 heterocycles. The molecule has 0 saturated heterocycles. The molecule has 202 valence electrons. The fourth-order valence-electron chi connectivity index (χ4n) is 4.58. The van der Waals surface area contributed by atoms with Crippen molar-refractivity contribution >= 4 is 27.5 Å². The van der Waals surface area contributed by atoms with Crippen molar-refractivity contribution in [2.75, 3.05) is 31.8 Å². The Hall–Kier alpha value is 0.0900. The predicted molar refractivity (Wildman–Crippen MR) is 152 cm³/mol. The largest absolute Gasteiger partial charge is 0.379 e. The van der Waals surface area contributed by atoms with E-state index in [1.807, 2.05) is 21.6 Å². The van der Waals surface area contributed by atoms with Crippen molar-refractivity contribution in [1.82, 2.24) is 5.32 Å². The van der Waals surface area contributed by atoms with Crippen LogP contribution in [0.15, 0.2) is 0 Å². The van der Waals surface area contributed by atoms with Gasteiger partial charge in [0, 0.05) is 38.2 Å². The average Bonchev–Trinajstić information content (AvgIpc) is 3.30. The van der Waals surface area contributed by atoms with Gasteiger partial charge < -0.3 is 14.8 Å². The van der Waals surface area contributed by atoms with Gasteiger partial charge in [0.05, 0.1) is 12.2 Å². The first-order valence-electron chi connectivity index (χ1n) is 14.4. The predicted octanol–water partition coefficient (Wildman–Crippen LogP) is 8.33. The maximum Gasteiger partial charge on any atom is 0.220 e. The van der Waals surface area contributed by atoms with Crippen LogP contribution in [0.5, 0.6) is 0 Å². The average molecular weight is 518 g/mol. The molecule has 0 spiro atoms. The number of carbonyl (C=O) groups is 1. The molecular formula is C28H55NO3S2. The number of methoxy groups -OCH3 is 1. The third-order valence-corrected chi connectivity index (χ3v) is 9.24. The summed E-state index contributed by atoms with van der Waals surface area (Å²) in [6.07, 6.45) is 25.2. The van der Waals surface area contributed by atoms with Gasteiger partial charge in [-0.25, -0.2) is 0 Å². The number of unbranched alkanes of at least 4 members (excludes halogenated alkanes) is 13. The number of hydrogen-bond acceptors (Lipinski definition) is 5. The normalized spacial score (nSPS) is 17.9. The van der Waals surface area contributed by atoms with E-state index in [1.54, 1.807) is 7.11 Å². The molecule has 1 aliphatic carbocycles. The van der Waals surface area contributed by atoms with Gasteiger partial charge in [-0.3, -0.25) is 4.79 Å². The molecule has 0 aromatic rings. The molecule has 34 heavy (non-hydrogen) atoms. The summed E-state index contributed by atoms with van der Waals surface area (Å²) in [5, 5.41) is 3.02. The van der Waals surface area contributed by atoms with E-state index in [0.29, 0.717) is 19.6 Å². The van der Waals surface area contributed by atoms with Crippen molar-refractivity contribution in [3.8, 4) is 0 Å². The molecular weight excluding hydrogens is 462 g/mol. The van der Waals surface area contributed by atoms with Gasteiger partial charge in [-0.1, -0.05) is 112 Å². The van der Waals surface area contributed by atoms with Crippen LogP contribution in [0.4, 0.5) is 0 Å². The zero-order chi connectivity index (χ0) is 24.5. The molecule has 1 amide bonds. The van der Waals surface area contributed by atoms with E-state index in [-0.39, 0.29) is 18.1 Å². The number of rotatable bonds is 25. The summed E-state index contributed by atoms with van der Waals surface area (Å²) in [7, 11) is 5.55. The summed E-state index contributed by atoms with van der Waals surface area (Å²) in [5.41, 5.74) is 0. The molecule has 4 nitrogen and oxygen atoms in total. The molecule has 0 radical (unpaired) electrons. The van der Waals surface area contributed by atoms with Crippen molar-refractivity contribution < 1.29 is 14.3 Å². The lowest BCUT2D eigenvalue weighted by Gasteiger charge is -2.18. The molecule has 0 bridgehead atoms. The molecule has 1 saturated carbocycles. The lowest BCUT2D eigenvalue weighted by molar-refractivity contribution is -0.120. The second kappa shape index (κ2) is 24.8. The van der Waals surface area contributed by atoms with Gasteiger partial charge in [0.2, 0.25) is 5.91 Å². The van der Waals surface area contributed by atoms with Gasteiger partial charge in [0.1, 0.15) is 0 Å². The summed E-state index contributed by atoms with van der Waals surface area (Å²) >= 11 is 0. The minimum Gasteiger partial charge on any atom is -0.379 e. The van der Waals surface area contributed by atoms with Gasteiger partial charge in [-0.2, -0.15) is 0 Å². The number of nitrogens with one attached hydrogen (secondary N) is 1. The molecule has 6 heteroatoms. The summed E-state index contributed by atoms with van der Waals surface area (Å²) in [4.78, 5) is 11.9. The van der Waals surface area contributed by atoms with E-state index in [9.17, 15) is 4.79 Å². The molecule has 1 rings (SSSR count). The fraction of sp³-hybridized carbons (Fsp3) is 0.964. The molecule has 0 aromatic carbocycles. The van der Waals surface area contributed by atoms with Gasteiger partial charge in [-0.05, 0) is 32.1 Å². The van der Waals surface area contributed by atoms with E-state index in [2.05, 4.69) is 12.2 Å². The van der Waals surface area contributed by atoms with Gasteiger partial charge in [0.25, 0.3) is 0 Å². The zero-order valence-electron chi connectivity index (χ0n) is 22.5. The van der Waals surface area contributed by atoms with E-state index in [4.69, 9.17) is 9.47 Å². The standard InChI is InChI=1S/C28H55NO3S2/c1-3-4-5-6-7-8-9-10-11-12-13-14-15-16-24-33-34-25-21-28(30)29-22-18-23-32-27-20-17-19-26(27)31-2/h26-27H,3-25H2,1-2H3,(H,29,30). The summed E-state index contributed by atoms with van der Waals surface area (Å²) in [5.74, 6) is 2.29. The van der Waals surface area contributed by atoms with Crippen molar-refractivity contribution in [1.29, 1.82) is 0 Å². The highest BCUT2D eigenvalue weighted by Crippen LogP contribution is 2.25. The Balaban J connectivity index is 1.72. The number of hydrogen-bond donors (Lipinski definition) is 1. The van der Waals surface area contributed by atoms with Crippen molar-refractivity contribution in [3.05, 3.63) is 0 Å². The van der Waals surface area contributed by atoms with Crippen molar-refractivity contribution in [3.63, 3.8) is 0 Å². The highest BCUT2D eigenvalue weighted by molar-refractivity contribution is 8.76. The van der Waals surface area contributed by atoms with Crippen LogP contribution in [-0.4, -0.2) is 49.9 Å². The van der Waals surface area contributed by atoms with Crippen molar-refractivity contribution in [2.45, 2.75) is 141 Å². The summed E-state index contributed by atoms with van der Waals surface area (Å²) < 4.78 is 11.4. The van der Waals surface area contributed by atoms with E-state index < -0.39 is 0 Å². The van der Waals surface area contributed by atoms with Gasteiger partial charge in [0.15, 0.2) is 0 Å². The Morgan fingerprint density at radius 1 is 0.765 bits per heavy atom. The Morgan fingerprint density at radius 3 is 1.94 bits per heavy atom. The minimum atomic E-state index is 0.167. The number of carbonyl (C=O) groups excluding carboxylic acids is 1. The third-order valence-electron chi connectivity index (χ3n) is 6.75. The lowest BCUT2D eigenvalue weighted by Crippen LogP contribution is -2.28. The second-order valence-corrected chi connectivity index (χ2v) is 12.5. The second-order valence-electron chi connectivity index (χ2n) is 9.81. The number of ether oxygens (including phenoxy) is 2. The zero-order valence-corrected chi connectivity index (χ0v) is 24.1. The lowest BCUT2D eigenvalue weighted by atomic mass is 10.0. The molecule has 0 aliphatic heterocycles. The molecule has 1 aliphatic rings. The van der Waals surface area contributed by atoms with Gasteiger partial charge in [-0.15, -0.1) is 0 Å². The molecule has 1 fully saturated rings. The van der Waals surface area contributed by atoms with E-state index >= 15 is 0 Å². The minimum absolute atomic E-state index is 0.167.